The van der Waals surface area contributed by atoms with Crippen molar-refractivity contribution in [3.63, 3.8) is 0 Å². The molecule has 3 heteroatoms. The number of nitrogens with zero attached hydrogens (tertiary/aromatic N) is 1. The van der Waals surface area contributed by atoms with Crippen LogP contribution in [0.3, 0.4) is 0 Å². The molecule has 17 heavy (non-hydrogen) atoms. The second-order valence-electron chi connectivity index (χ2n) is 3.92. The van der Waals surface area contributed by atoms with Gasteiger partial charge in [-0.05, 0) is 36.8 Å². The fourth-order valence-corrected chi connectivity index (χ4v) is 1.74. The SMILES string of the molecule is [CH2]c1ccc(Nc2nc3ccccc3[nH]2)cc1. The molecule has 0 bridgehead atoms. The summed E-state index contributed by atoms with van der Waals surface area (Å²) >= 11 is 0. The van der Waals surface area contributed by atoms with Gasteiger partial charge in [-0.25, -0.2) is 4.98 Å². The van der Waals surface area contributed by atoms with Crippen molar-refractivity contribution in [2.75, 3.05) is 5.32 Å². The Bertz CT molecular complexity index is 605. The van der Waals surface area contributed by atoms with Gasteiger partial charge in [0, 0.05) is 5.69 Å². The number of rotatable bonds is 2. The summed E-state index contributed by atoms with van der Waals surface area (Å²) in [6.45, 7) is 3.85. The summed E-state index contributed by atoms with van der Waals surface area (Å²) in [7, 11) is 0. The van der Waals surface area contributed by atoms with Gasteiger partial charge in [-0.3, -0.25) is 0 Å². The number of aromatic nitrogens is 2. The highest BCUT2D eigenvalue weighted by Gasteiger charge is 2.01. The Labute approximate surface area is 99.5 Å². The van der Waals surface area contributed by atoms with Crippen LogP contribution < -0.4 is 5.32 Å². The van der Waals surface area contributed by atoms with Crippen LogP contribution in [0.4, 0.5) is 11.6 Å². The highest BCUT2D eigenvalue weighted by molar-refractivity contribution is 5.78. The number of nitrogens with one attached hydrogen (secondary N) is 2. The van der Waals surface area contributed by atoms with E-state index in [2.05, 4.69) is 22.2 Å². The Balaban J connectivity index is 1.92. The first-order valence-electron chi connectivity index (χ1n) is 5.45. The largest absolute Gasteiger partial charge is 0.326 e. The van der Waals surface area contributed by atoms with Crippen molar-refractivity contribution in [2.45, 2.75) is 0 Å². The van der Waals surface area contributed by atoms with Crippen molar-refractivity contribution in [1.29, 1.82) is 0 Å². The zero-order valence-electron chi connectivity index (χ0n) is 9.27. The molecule has 2 N–H and O–H groups in total. The molecule has 0 unspecified atom stereocenters. The summed E-state index contributed by atoms with van der Waals surface area (Å²) < 4.78 is 0. The number of aromatic amines is 1. The van der Waals surface area contributed by atoms with Crippen LogP contribution in [-0.2, 0) is 0 Å². The summed E-state index contributed by atoms with van der Waals surface area (Å²) in [5, 5.41) is 3.23. The molecular weight excluding hydrogens is 210 g/mol. The molecule has 0 saturated heterocycles. The normalized spacial score (nSPS) is 10.6. The quantitative estimate of drug-likeness (QED) is 0.696. The lowest BCUT2D eigenvalue weighted by Crippen LogP contribution is -1.91. The second-order valence-corrected chi connectivity index (χ2v) is 3.92. The second kappa shape index (κ2) is 3.94. The van der Waals surface area contributed by atoms with E-state index in [0.29, 0.717) is 0 Å². The maximum atomic E-state index is 4.45. The molecule has 3 rings (SSSR count). The first-order valence-corrected chi connectivity index (χ1v) is 5.45. The summed E-state index contributed by atoms with van der Waals surface area (Å²) in [4.78, 5) is 7.67. The van der Waals surface area contributed by atoms with Crippen molar-refractivity contribution >= 4 is 22.7 Å². The van der Waals surface area contributed by atoms with Crippen LogP contribution in [0.5, 0.6) is 0 Å². The van der Waals surface area contributed by atoms with Crippen LogP contribution in [-0.4, -0.2) is 9.97 Å². The Morgan fingerprint density at radius 3 is 2.53 bits per heavy atom. The van der Waals surface area contributed by atoms with Crippen LogP contribution in [0.25, 0.3) is 11.0 Å². The third-order valence-corrected chi connectivity index (χ3v) is 2.61. The molecule has 0 atom stereocenters. The fourth-order valence-electron chi connectivity index (χ4n) is 1.74. The Morgan fingerprint density at radius 2 is 1.76 bits per heavy atom. The van der Waals surface area contributed by atoms with Crippen LogP contribution in [0.2, 0.25) is 0 Å². The van der Waals surface area contributed by atoms with Crippen LogP contribution in [0, 0.1) is 6.92 Å². The van der Waals surface area contributed by atoms with Crippen LogP contribution in [0.15, 0.2) is 48.5 Å². The minimum absolute atomic E-state index is 0.753. The van der Waals surface area contributed by atoms with Crippen LogP contribution >= 0.6 is 0 Å². The summed E-state index contributed by atoms with van der Waals surface area (Å²) in [5.41, 5.74) is 3.99. The van der Waals surface area contributed by atoms with Crippen molar-refractivity contribution in [3.05, 3.63) is 61.0 Å². The van der Waals surface area contributed by atoms with Gasteiger partial charge < -0.3 is 10.3 Å². The molecule has 0 aliphatic rings. The number of benzene rings is 2. The molecular formula is C14H12N3. The highest BCUT2D eigenvalue weighted by Crippen LogP contribution is 2.18. The molecule has 0 aliphatic carbocycles. The van der Waals surface area contributed by atoms with E-state index in [-0.39, 0.29) is 0 Å². The predicted octanol–water partition coefficient (Wildman–Crippen LogP) is 3.49. The molecule has 0 spiro atoms. The van der Waals surface area contributed by atoms with E-state index >= 15 is 0 Å². The van der Waals surface area contributed by atoms with E-state index in [9.17, 15) is 0 Å². The van der Waals surface area contributed by atoms with Crippen LogP contribution in [0.1, 0.15) is 5.56 Å². The van der Waals surface area contributed by atoms with Crippen molar-refractivity contribution in [2.24, 2.45) is 0 Å². The van der Waals surface area contributed by atoms with E-state index in [0.717, 1.165) is 28.2 Å². The molecule has 0 saturated carbocycles. The van der Waals surface area contributed by atoms with E-state index in [1.54, 1.807) is 0 Å². The molecule has 0 aliphatic heterocycles. The minimum atomic E-state index is 0.753. The lowest BCUT2D eigenvalue weighted by molar-refractivity contribution is 1.31. The summed E-state index contributed by atoms with van der Waals surface area (Å²) in [5.74, 6) is 0.753. The fraction of sp³-hybridized carbons (Fsp3) is 0. The number of hydrogen-bond donors (Lipinski definition) is 2. The first kappa shape index (κ1) is 9.90. The molecule has 1 aromatic heterocycles. The summed E-state index contributed by atoms with van der Waals surface area (Å²) in [6.07, 6.45) is 0. The highest BCUT2D eigenvalue weighted by atomic mass is 15.1. The van der Waals surface area contributed by atoms with E-state index in [4.69, 9.17) is 0 Å². The predicted molar refractivity (Wildman–Crippen MR) is 70.3 cm³/mol. The average Bonchev–Trinajstić information content (AvgIpc) is 2.74. The van der Waals surface area contributed by atoms with Gasteiger partial charge in [0.15, 0.2) is 0 Å². The van der Waals surface area contributed by atoms with Gasteiger partial charge in [-0.1, -0.05) is 24.3 Å². The zero-order chi connectivity index (χ0) is 11.7. The molecule has 0 fully saturated rings. The molecule has 3 nitrogen and oxygen atoms in total. The molecule has 0 amide bonds. The Kier molecular flexibility index (Phi) is 2.29. The minimum Gasteiger partial charge on any atom is -0.326 e. The van der Waals surface area contributed by atoms with Gasteiger partial charge in [-0.15, -0.1) is 0 Å². The molecule has 2 aromatic carbocycles. The number of H-pyrrole nitrogens is 1. The smallest absolute Gasteiger partial charge is 0.205 e. The lowest BCUT2D eigenvalue weighted by atomic mass is 10.2. The Hall–Kier alpha value is -2.29. The number of para-hydroxylation sites is 2. The third kappa shape index (κ3) is 1.99. The Morgan fingerprint density at radius 1 is 1.00 bits per heavy atom. The van der Waals surface area contributed by atoms with Gasteiger partial charge in [0.1, 0.15) is 0 Å². The number of imidazole rings is 1. The van der Waals surface area contributed by atoms with Gasteiger partial charge >= 0.3 is 0 Å². The molecule has 1 radical (unpaired) electrons. The zero-order valence-corrected chi connectivity index (χ0v) is 9.27. The van der Waals surface area contributed by atoms with Gasteiger partial charge in [0.2, 0.25) is 5.95 Å². The molecule has 1 heterocycles. The topological polar surface area (TPSA) is 40.7 Å². The van der Waals surface area contributed by atoms with Gasteiger partial charge in [-0.2, -0.15) is 0 Å². The number of fused-ring (bicyclic) bond motifs is 1. The van der Waals surface area contributed by atoms with Crippen molar-refractivity contribution < 1.29 is 0 Å². The number of hydrogen-bond acceptors (Lipinski definition) is 2. The maximum Gasteiger partial charge on any atom is 0.205 e. The first-order chi connectivity index (χ1) is 8.31. The van der Waals surface area contributed by atoms with Crippen molar-refractivity contribution in [3.8, 4) is 0 Å². The van der Waals surface area contributed by atoms with E-state index in [1.807, 2.05) is 48.5 Å². The molecule has 83 valence electrons. The van der Waals surface area contributed by atoms with Gasteiger partial charge in [0.05, 0.1) is 11.0 Å². The number of anilines is 2. The van der Waals surface area contributed by atoms with E-state index < -0.39 is 0 Å². The maximum absolute atomic E-state index is 4.45. The van der Waals surface area contributed by atoms with Gasteiger partial charge in [0.25, 0.3) is 0 Å². The average molecular weight is 222 g/mol. The third-order valence-electron chi connectivity index (χ3n) is 2.61. The van der Waals surface area contributed by atoms with E-state index in [1.165, 1.54) is 0 Å². The monoisotopic (exact) mass is 222 g/mol. The molecule has 3 aromatic rings. The van der Waals surface area contributed by atoms with Crippen molar-refractivity contribution in [1.82, 2.24) is 9.97 Å². The summed E-state index contributed by atoms with van der Waals surface area (Å²) in [6, 6.07) is 15.8. The lowest BCUT2D eigenvalue weighted by Gasteiger charge is -2.02. The standard InChI is InChI=1S/C14H12N3/c1-10-6-8-11(9-7-10)15-14-16-12-4-2-3-5-13(12)17-14/h2-9H,1H2,(H2,15,16,17).